The molecule has 0 spiro atoms. The van der Waals surface area contributed by atoms with Crippen LogP contribution in [0.5, 0.6) is 0 Å². The van der Waals surface area contributed by atoms with Gasteiger partial charge in [-0.15, -0.1) is 0 Å². The predicted molar refractivity (Wildman–Crippen MR) is 214 cm³/mol. The zero-order chi connectivity index (χ0) is 43.2. The molecule has 0 bridgehead atoms. The van der Waals surface area contributed by atoms with Gasteiger partial charge in [-0.1, -0.05) is 70.8 Å². The summed E-state index contributed by atoms with van der Waals surface area (Å²) in [5.41, 5.74) is 3.37. The Morgan fingerprint density at radius 2 is 0.559 bits per heavy atom. The van der Waals surface area contributed by atoms with Crippen LogP contribution in [0, 0.1) is 27.7 Å². The normalized spacial score (nSPS) is 12.8. The van der Waals surface area contributed by atoms with Crippen LogP contribution >= 0.6 is 0 Å². The van der Waals surface area contributed by atoms with Crippen molar-refractivity contribution in [1.82, 2.24) is 0 Å². The third kappa shape index (κ3) is 15.4. The van der Waals surface area contributed by atoms with Crippen LogP contribution in [0.1, 0.15) is 22.3 Å². The van der Waals surface area contributed by atoms with Gasteiger partial charge in [-0.3, -0.25) is 16.7 Å². The molecule has 0 saturated carbocycles. The van der Waals surface area contributed by atoms with Gasteiger partial charge in [0, 0.05) is 0 Å². The first-order valence-electron chi connectivity index (χ1n) is 18.1. The first-order chi connectivity index (χ1) is 27.8. The van der Waals surface area contributed by atoms with Crippen LogP contribution < -0.4 is 0 Å². The molecule has 0 N–H and O–H groups in total. The molecule has 0 unspecified atom stereocenters. The molecule has 4 rings (SSSR count). The predicted octanol–water partition coefficient (Wildman–Crippen LogP) is 4.60. The lowest BCUT2D eigenvalue weighted by atomic mass is 10.2. The second-order valence-corrected chi connectivity index (χ2v) is 19.5. The van der Waals surface area contributed by atoms with Crippen molar-refractivity contribution in [2.45, 2.75) is 53.1 Å². The maximum absolute atomic E-state index is 12.8. The zero-order valence-corrected chi connectivity index (χ0v) is 36.2. The third-order valence-electron chi connectivity index (χ3n) is 8.19. The first-order valence-corrected chi connectivity index (χ1v) is 23.7. The van der Waals surface area contributed by atoms with Crippen LogP contribution in [0.25, 0.3) is 0 Å². The molecule has 4 aromatic rings. The summed E-state index contributed by atoms with van der Waals surface area (Å²) in [6.07, 6.45) is 0. The molecular formula is C39H48O16S4. The summed E-state index contributed by atoms with van der Waals surface area (Å²) in [7, 11) is -16.7. The van der Waals surface area contributed by atoms with Gasteiger partial charge in [-0.2, -0.15) is 33.7 Å². The Bertz CT molecular complexity index is 2200. The van der Waals surface area contributed by atoms with E-state index < -0.39 is 99.1 Å². The summed E-state index contributed by atoms with van der Waals surface area (Å²) < 4.78 is 146. The largest absolute Gasteiger partial charge is 0.373 e. The number of aryl methyl sites for hydroxylation is 4. The highest BCUT2D eigenvalue weighted by atomic mass is 32.2. The lowest BCUT2D eigenvalue weighted by Gasteiger charge is -2.33. The van der Waals surface area contributed by atoms with Gasteiger partial charge >= 0.3 is 0 Å². The van der Waals surface area contributed by atoms with E-state index in [0.717, 1.165) is 22.3 Å². The van der Waals surface area contributed by atoms with E-state index in [2.05, 4.69) is 0 Å². The number of hydrogen-bond donors (Lipinski definition) is 0. The van der Waals surface area contributed by atoms with E-state index in [1.165, 1.54) is 48.5 Å². The molecule has 324 valence electrons. The van der Waals surface area contributed by atoms with Gasteiger partial charge in [-0.25, -0.2) is 0 Å². The topological polar surface area (TPSA) is 210 Å². The van der Waals surface area contributed by atoms with E-state index in [9.17, 15) is 33.7 Å². The molecule has 0 radical (unpaired) electrons. The van der Waals surface area contributed by atoms with E-state index >= 15 is 0 Å². The van der Waals surface area contributed by atoms with Crippen molar-refractivity contribution in [3.63, 3.8) is 0 Å². The number of rotatable bonds is 26. The molecule has 16 nitrogen and oxygen atoms in total. The molecule has 0 aliphatic heterocycles. The van der Waals surface area contributed by atoms with Crippen LogP contribution in [0.3, 0.4) is 0 Å². The minimum Gasteiger partial charge on any atom is -0.373 e. The highest BCUT2D eigenvalue weighted by Crippen LogP contribution is 2.20. The number of hydrogen-bond acceptors (Lipinski definition) is 16. The van der Waals surface area contributed by atoms with Gasteiger partial charge in [-0.05, 0) is 76.2 Å². The van der Waals surface area contributed by atoms with Crippen molar-refractivity contribution in [2.75, 3.05) is 66.1 Å². The summed E-state index contributed by atoms with van der Waals surface area (Å²) in [6, 6.07) is 24.0. The van der Waals surface area contributed by atoms with Crippen molar-refractivity contribution in [3.8, 4) is 0 Å². The first kappa shape index (κ1) is 48.0. The van der Waals surface area contributed by atoms with Crippen LogP contribution in [0.4, 0.5) is 0 Å². The van der Waals surface area contributed by atoms with Crippen molar-refractivity contribution >= 4 is 40.5 Å². The Kier molecular flexibility index (Phi) is 17.7. The van der Waals surface area contributed by atoms with Crippen molar-refractivity contribution in [3.05, 3.63) is 119 Å². The summed E-state index contributed by atoms with van der Waals surface area (Å²) in [5.74, 6) is -1.96. The molecule has 0 aliphatic rings. The maximum atomic E-state index is 12.8. The molecule has 0 aromatic heterocycles. The molecular weight excluding hydrogens is 853 g/mol. The molecule has 0 saturated heterocycles. The van der Waals surface area contributed by atoms with Crippen molar-refractivity contribution in [1.29, 1.82) is 0 Å². The Labute approximate surface area is 346 Å². The average Bonchev–Trinajstić information content (AvgIpc) is 3.18. The van der Waals surface area contributed by atoms with Gasteiger partial charge in [0.2, 0.25) is 5.79 Å². The van der Waals surface area contributed by atoms with Gasteiger partial charge in [0.05, 0.1) is 72.4 Å². The van der Waals surface area contributed by atoms with Crippen LogP contribution in [0.15, 0.2) is 117 Å². The summed E-state index contributed by atoms with van der Waals surface area (Å²) >= 11 is 0. The zero-order valence-electron chi connectivity index (χ0n) is 33.0. The fourth-order valence-corrected chi connectivity index (χ4v) is 8.52. The third-order valence-corrected chi connectivity index (χ3v) is 13.5. The van der Waals surface area contributed by atoms with Crippen molar-refractivity contribution < 1.29 is 69.4 Å². The molecule has 20 heteroatoms. The van der Waals surface area contributed by atoms with Crippen LogP contribution in [-0.4, -0.2) is 106 Å². The maximum Gasteiger partial charge on any atom is 0.297 e. The van der Waals surface area contributed by atoms with E-state index in [4.69, 9.17) is 35.7 Å². The standard InChI is InChI=1S/C39H48O16S4/c1-31-5-13-35(14-6-31)56(40,41)52-25-21-48-29-39(50-23-27-54-58(44,45)37-17-9-33(3)10-18-37,51-24-28-55-59(46,47)38-19-11-34(4)12-20-38)30-49-22-26-53-57(42,43)36-15-7-32(2)8-16-36/h5-20H,21-30H2,1-4H3. The second kappa shape index (κ2) is 21.7. The lowest BCUT2D eigenvalue weighted by Crippen LogP contribution is -2.47. The lowest BCUT2D eigenvalue weighted by molar-refractivity contribution is -0.285. The van der Waals surface area contributed by atoms with E-state index in [0.29, 0.717) is 0 Å². The highest BCUT2D eigenvalue weighted by Gasteiger charge is 2.35. The minimum atomic E-state index is -4.21. The van der Waals surface area contributed by atoms with Crippen LogP contribution in [0.2, 0.25) is 0 Å². The average molecular weight is 901 g/mol. The molecule has 0 aliphatic carbocycles. The Hall–Kier alpha value is -3.64. The Morgan fingerprint density at radius 3 is 0.797 bits per heavy atom. The number of benzene rings is 4. The smallest absolute Gasteiger partial charge is 0.297 e. The van der Waals surface area contributed by atoms with E-state index in [1.54, 1.807) is 76.2 Å². The highest BCUT2D eigenvalue weighted by molar-refractivity contribution is 7.87. The van der Waals surface area contributed by atoms with Gasteiger partial charge in [0.25, 0.3) is 40.5 Å². The quantitative estimate of drug-likeness (QED) is 0.0479. The summed E-state index contributed by atoms with van der Waals surface area (Å²) in [4.78, 5) is -0.314. The van der Waals surface area contributed by atoms with Gasteiger partial charge in [0.15, 0.2) is 0 Å². The van der Waals surface area contributed by atoms with E-state index in [-0.39, 0.29) is 32.8 Å². The molecule has 0 fully saturated rings. The Morgan fingerprint density at radius 1 is 0.339 bits per heavy atom. The number of ether oxygens (including phenoxy) is 4. The molecule has 0 atom stereocenters. The monoisotopic (exact) mass is 900 g/mol. The Balaban J connectivity index is 1.47. The fraction of sp³-hybridized carbons (Fsp3) is 0.385. The van der Waals surface area contributed by atoms with Gasteiger partial charge in [0.1, 0.15) is 13.2 Å². The van der Waals surface area contributed by atoms with Crippen molar-refractivity contribution in [2.24, 2.45) is 0 Å². The molecule has 59 heavy (non-hydrogen) atoms. The second-order valence-electron chi connectivity index (χ2n) is 13.1. The van der Waals surface area contributed by atoms with Crippen LogP contribution in [-0.2, 0) is 76.2 Å². The fourth-order valence-electron chi connectivity index (χ4n) is 4.95. The van der Waals surface area contributed by atoms with Gasteiger partial charge < -0.3 is 18.9 Å². The summed E-state index contributed by atoms with van der Waals surface area (Å²) in [6.45, 7) is 2.70. The minimum absolute atomic E-state index is 0.0645. The van der Waals surface area contributed by atoms with E-state index in [1.807, 2.05) is 0 Å². The molecule has 0 heterocycles. The molecule has 4 aromatic carbocycles. The molecule has 0 amide bonds. The SMILES string of the molecule is Cc1ccc(S(=O)(=O)OCCOCC(COCCOS(=O)(=O)c2ccc(C)cc2)(OCCOS(=O)(=O)c2ccc(C)cc2)OCCOS(=O)(=O)c2ccc(C)cc2)cc1. The summed E-state index contributed by atoms with van der Waals surface area (Å²) in [5, 5.41) is 0.